The Hall–Kier alpha value is -7.90. The number of methoxy groups -OCH3 is 1. The van der Waals surface area contributed by atoms with Crippen molar-refractivity contribution >= 4 is 79.8 Å². The van der Waals surface area contributed by atoms with Gasteiger partial charge >= 0.3 is 12.0 Å². The fraction of sp³-hybridized carbons (Fsp3) is 0.277. The van der Waals surface area contributed by atoms with Crippen LogP contribution >= 0.6 is 22.9 Å². The number of hydrogen-bond donors (Lipinski definition) is 1. The van der Waals surface area contributed by atoms with Gasteiger partial charge in [0.15, 0.2) is 24.0 Å². The molecule has 3 aliphatic rings. The normalized spacial score (nSPS) is 16.9. The van der Waals surface area contributed by atoms with E-state index < -0.39 is 17.6 Å². The number of esters is 1. The Morgan fingerprint density at radius 2 is 1.97 bits per heavy atom. The number of aromatic nitrogens is 8. The first kappa shape index (κ1) is 45.9. The summed E-state index contributed by atoms with van der Waals surface area (Å²) in [5, 5.41) is 22.9. The summed E-state index contributed by atoms with van der Waals surface area (Å²) >= 11 is 7.50. The number of carbonyl (C=O) groups is 2. The SMILES string of the molecule is C=C(Cn1nnc(COc2cc3cc4c(nc3cc2F)-c2cc3c(c(=O)n2C4)COC(=O)C3CC)n1)C(=O)N1CCN(c2nc(OC)nc3c(F)c(/C=c4\c(C#N)c(N)s\c4=C/F)c(Cl)cc23)C(C)C1. The van der Waals surface area contributed by atoms with Crippen molar-refractivity contribution in [1.82, 2.24) is 44.6 Å². The zero-order chi connectivity index (χ0) is 49.3. The number of anilines is 2. The molecule has 18 nitrogen and oxygen atoms in total. The molecule has 0 saturated carbocycles. The van der Waals surface area contributed by atoms with Crippen molar-refractivity contribution in [3.8, 4) is 29.2 Å². The summed E-state index contributed by atoms with van der Waals surface area (Å²) in [6, 6.07) is 9.32. The molecular weight excluding hydrogens is 953 g/mol. The number of rotatable bonds is 10. The number of pyridine rings is 2. The molecule has 8 heterocycles. The molecule has 23 heteroatoms. The Morgan fingerprint density at radius 3 is 2.71 bits per heavy atom. The average molecular weight is 991 g/mol. The van der Waals surface area contributed by atoms with Gasteiger partial charge in [0.25, 0.3) is 11.5 Å². The predicted molar refractivity (Wildman–Crippen MR) is 251 cm³/mol. The zero-order valence-corrected chi connectivity index (χ0v) is 39.0. The molecule has 2 aromatic carbocycles. The van der Waals surface area contributed by atoms with Crippen molar-refractivity contribution in [2.75, 3.05) is 37.4 Å². The molecule has 5 aromatic heterocycles. The molecule has 10 rings (SSSR count). The summed E-state index contributed by atoms with van der Waals surface area (Å²) in [7, 11) is 1.34. The van der Waals surface area contributed by atoms with Gasteiger partial charge in [-0.15, -0.1) is 21.5 Å². The first-order valence-corrected chi connectivity index (χ1v) is 22.9. The third kappa shape index (κ3) is 7.80. The number of amides is 1. The Labute approximate surface area is 403 Å². The summed E-state index contributed by atoms with van der Waals surface area (Å²) in [6.07, 6.45) is 2.01. The lowest BCUT2D eigenvalue weighted by atomic mass is 9.90. The second-order valence-corrected chi connectivity index (χ2v) is 18.3. The van der Waals surface area contributed by atoms with E-state index in [1.807, 2.05) is 36.9 Å². The highest BCUT2D eigenvalue weighted by Gasteiger charge is 2.35. The van der Waals surface area contributed by atoms with E-state index in [0.29, 0.717) is 45.7 Å². The first-order chi connectivity index (χ1) is 33.7. The fourth-order valence-corrected chi connectivity index (χ4v) is 10.2. The maximum Gasteiger partial charge on any atom is 0.318 e. The number of hydrogen-bond acceptors (Lipinski definition) is 16. The summed E-state index contributed by atoms with van der Waals surface area (Å²) in [4.78, 5) is 57.9. The number of tetrazole rings is 1. The standard InChI is InChI=1S/C47H38ClF3N12O6S/c1-5-25-26-12-35-40-24(18-62(35)45(65)31(26)19-69-46(25)66)8-23-9-36(33(50)13-34(23)54-40)68-20-38-57-59-63(58-38)16-21(2)44(64)60-6-7-61(22(3)17-60)43-29-11-32(48)28(39(51)41(29)55-47(56-43)67-4)10-27-30(15-52)42(53)70-37(27)14-49/h8-14,22,25H,2,5-7,16-20,53H2,1,3-4H3/b27-10+,37-14-. The van der Waals surface area contributed by atoms with E-state index in [1.165, 1.54) is 36.2 Å². The van der Waals surface area contributed by atoms with Crippen LogP contribution in [0.25, 0.3) is 45.6 Å². The number of nitrogens with two attached hydrogens (primary N) is 1. The summed E-state index contributed by atoms with van der Waals surface area (Å²) in [5.74, 6) is -2.50. The molecule has 0 aliphatic carbocycles. The lowest BCUT2D eigenvalue weighted by Gasteiger charge is -2.41. The number of nitriles is 1. The molecule has 1 saturated heterocycles. The average Bonchev–Trinajstić information content (AvgIpc) is 4.04. The Morgan fingerprint density at radius 1 is 1.16 bits per heavy atom. The molecule has 356 valence electrons. The van der Waals surface area contributed by atoms with Gasteiger partial charge in [-0.2, -0.15) is 20.0 Å². The van der Waals surface area contributed by atoms with Crippen LogP contribution in [0.5, 0.6) is 11.8 Å². The van der Waals surface area contributed by atoms with Crippen LogP contribution in [0.4, 0.5) is 24.0 Å². The number of cyclic esters (lactones) is 1. The molecule has 70 heavy (non-hydrogen) atoms. The van der Waals surface area contributed by atoms with Gasteiger partial charge in [-0.1, -0.05) is 25.1 Å². The van der Waals surface area contributed by atoms with Crippen LogP contribution in [0.1, 0.15) is 59.8 Å². The van der Waals surface area contributed by atoms with Gasteiger partial charge in [0.2, 0.25) is 5.82 Å². The molecule has 1 amide bonds. The molecule has 3 aliphatic heterocycles. The van der Waals surface area contributed by atoms with Crippen LogP contribution < -0.4 is 35.4 Å². The lowest BCUT2D eigenvalue weighted by molar-refractivity contribution is -0.148. The first-order valence-electron chi connectivity index (χ1n) is 21.7. The van der Waals surface area contributed by atoms with Gasteiger partial charge in [-0.25, -0.2) is 18.2 Å². The van der Waals surface area contributed by atoms with E-state index in [9.17, 15) is 24.0 Å². The summed E-state index contributed by atoms with van der Waals surface area (Å²) in [5.41, 5.74) is 8.81. The Kier molecular flexibility index (Phi) is 11.7. The number of fused-ring (bicyclic) bond motifs is 6. The zero-order valence-electron chi connectivity index (χ0n) is 37.4. The van der Waals surface area contributed by atoms with E-state index in [2.05, 4.69) is 32.0 Å². The van der Waals surface area contributed by atoms with E-state index in [1.54, 1.807) is 9.47 Å². The van der Waals surface area contributed by atoms with Gasteiger partial charge in [0.05, 0.1) is 63.7 Å². The van der Waals surface area contributed by atoms with Gasteiger partial charge < -0.3 is 34.3 Å². The molecule has 2 atom stereocenters. The number of ether oxygens (including phenoxy) is 3. The van der Waals surface area contributed by atoms with E-state index >= 15 is 8.78 Å². The van der Waals surface area contributed by atoms with Gasteiger partial charge in [0.1, 0.15) is 35.3 Å². The van der Waals surface area contributed by atoms with E-state index in [0.717, 1.165) is 16.9 Å². The topological polar surface area (TPSA) is 222 Å². The van der Waals surface area contributed by atoms with Crippen LogP contribution in [-0.2, 0) is 40.6 Å². The number of nitrogen functional groups attached to an aromatic ring is 1. The highest BCUT2D eigenvalue weighted by atomic mass is 35.5. The molecule has 1 fully saturated rings. The van der Waals surface area contributed by atoms with E-state index in [-0.39, 0.29) is 141 Å². The third-order valence-corrected chi connectivity index (χ3v) is 13.9. The van der Waals surface area contributed by atoms with Crippen LogP contribution in [0.3, 0.4) is 0 Å². The van der Waals surface area contributed by atoms with Crippen molar-refractivity contribution in [1.29, 1.82) is 5.26 Å². The molecule has 0 bridgehead atoms. The van der Waals surface area contributed by atoms with Crippen molar-refractivity contribution in [2.45, 2.75) is 58.5 Å². The van der Waals surface area contributed by atoms with Crippen LogP contribution in [0.15, 0.2) is 47.3 Å². The largest absolute Gasteiger partial charge is 0.482 e. The number of piperazine rings is 1. The lowest BCUT2D eigenvalue weighted by Crippen LogP contribution is -2.54. The van der Waals surface area contributed by atoms with Crippen molar-refractivity contribution in [2.24, 2.45) is 0 Å². The minimum atomic E-state index is -0.854. The second-order valence-electron chi connectivity index (χ2n) is 16.8. The minimum absolute atomic E-state index is 0.0171. The molecule has 0 radical (unpaired) electrons. The summed E-state index contributed by atoms with van der Waals surface area (Å²) < 4.78 is 63.7. The third-order valence-electron chi connectivity index (χ3n) is 12.6. The Bertz CT molecular complexity index is 3650. The van der Waals surface area contributed by atoms with Gasteiger partial charge in [-0.05, 0) is 54.5 Å². The van der Waals surface area contributed by atoms with Crippen LogP contribution in [-0.4, -0.2) is 89.3 Å². The number of carbonyl (C=O) groups excluding carboxylic acids is 2. The maximum absolute atomic E-state index is 16.4. The van der Waals surface area contributed by atoms with Gasteiger partial charge in [-0.3, -0.25) is 14.4 Å². The van der Waals surface area contributed by atoms with Crippen molar-refractivity contribution in [3.63, 3.8) is 0 Å². The quantitative estimate of drug-likeness (QED) is 0.144. The van der Waals surface area contributed by atoms with Crippen LogP contribution in [0, 0.1) is 23.0 Å². The highest BCUT2D eigenvalue weighted by Crippen LogP contribution is 2.39. The fourth-order valence-electron chi connectivity index (χ4n) is 9.16. The smallest absolute Gasteiger partial charge is 0.318 e. The molecule has 7 aromatic rings. The minimum Gasteiger partial charge on any atom is -0.482 e. The molecule has 0 spiro atoms. The number of benzene rings is 2. The molecule has 2 unspecified atom stereocenters. The van der Waals surface area contributed by atoms with Crippen LogP contribution in [0.2, 0.25) is 5.02 Å². The van der Waals surface area contributed by atoms with Crippen molar-refractivity contribution in [3.05, 3.63) is 113 Å². The second kappa shape index (κ2) is 17.9. The monoisotopic (exact) mass is 990 g/mol. The number of thiophene rings is 1. The van der Waals surface area contributed by atoms with Gasteiger partial charge in [0, 0.05) is 64.4 Å². The summed E-state index contributed by atoms with van der Waals surface area (Å²) in [6.45, 7) is 8.21. The number of halogens is 4. The van der Waals surface area contributed by atoms with Crippen molar-refractivity contribution < 1.29 is 37.0 Å². The highest BCUT2D eigenvalue weighted by molar-refractivity contribution is 7.14. The molecule has 2 N–H and O–H groups in total. The molecular formula is C47H38ClF3N12O6S. The Balaban J connectivity index is 0.802. The van der Waals surface area contributed by atoms with E-state index in [4.69, 9.17) is 36.5 Å². The predicted octanol–water partition coefficient (Wildman–Crippen LogP) is 4.77. The maximum atomic E-state index is 16.4. The number of nitrogens with zero attached hydrogens (tertiary/aromatic N) is 11.